The van der Waals surface area contributed by atoms with Gasteiger partial charge < -0.3 is 14.0 Å². The minimum atomic E-state index is 0.164. The molecule has 0 saturated carbocycles. The van der Waals surface area contributed by atoms with Gasteiger partial charge in [-0.05, 0) is 46.8 Å². The van der Waals surface area contributed by atoms with E-state index in [2.05, 4.69) is 99.3 Å². The van der Waals surface area contributed by atoms with Crippen molar-refractivity contribution in [3.63, 3.8) is 0 Å². The average Bonchev–Trinajstić information content (AvgIpc) is 3.01. The molecule has 3 nitrogen and oxygen atoms in total. The van der Waals surface area contributed by atoms with E-state index < -0.39 is 0 Å². The highest BCUT2D eigenvalue weighted by atomic mass is 15.2. The van der Waals surface area contributed by atoms with E-state index in [0.717, 1.165) is 6.54 Å². The first-order valence-corrected chi connectivity index (χ1v) is 11.0. The van der Waals surface area contributed by atoms with Crippen molar-refractivity contribution in [3.8, 4) is 5.69 Å². The van der Waals surface area contributed by atoms with Crippen LogP contribution in [0.1, 0.15) is 65.5 Å². The topological polar surface area (TPSA) is 12.0 Å². The van der Waals surface area contributed by atoms with Crippen LogP contribution in [0.3, 0.4) is 0 Å². The quantitative estimate of drug-likeness (QED) is 0.399. The minimum Gasteiger partial charge on any atom is -0.353 e. The molecule has 2 aliphatic rings. The Bertz CT molecular complexity index is 1130. The van der Waals surface area contributed by atoms with Crippen molar-refractivity contribution in [3.05, 3.63) is 47.8 Å². The lowest BCUT2D eigenvalue weighted by atomic mass is 9.62. The molecule has 0 atom stereocenters. The highest BCUT2D eigenvalue weighted by molar-refractivity contribution is 5.93. The Morgan fingerprint density at radius 3 is 2.48 bits per heavy atom. The van der Waals surface area contributed by atoms with Crippen LogP contribution in [-0.4, -0.2) is 11.6 Å². The van der Waals surface area contributed by atoms with Crippen LogP contribution in [0, 0.1) is 12.2 Å². The summed E-state index contributed by atoms with van der Waals surface area (Å²) >= 11 is 0. The summed E-state index contributed by atoms with van der Waals surface area (Å²) in [5.41, 5.74) is 9.86. The highest BCUT2D eigenvalue weighted by Crippen LogP contribution is 2.52. The van der Waals surface area contributed by atoms with Crippen molar-refractivity contribution in [1.29, 1.82) is 0 Å². The summed E-state index contributed by atoms with van der Waals surface area (Å²) in [6, 6.07) is 11.4. The van der Waals surface area contributed by atoms with E-state index in [1.165, 1.54) is 52.1 Å². The van der Waals surface area contributed by atoms with Crippen molar-refractivity contribution >= 4 is 22.4 Å². The summed E-state index contributed by atoms with van der Waals surface area (Å²) in [5.74, 6) is 0.583. The van der Waals surface area contributed by atoms with E-state index >= 15 is 0 Å². The number of nitrogens with zero attached hydrogens (tertiary/aromatic N) is 3. The fourth-order valence-corrected chi connectivity index (χ4v) is 5.49. The molecule has 0 fully saturated rings. The third-order valence-electron chi connectivity index (χ3n) is 7.15. The zero-order valence-corrected chi connectivity index (χ0v) is 18.9. The zero-order valence-electron chi connectivity index (χ0n) is 18.9. The van der Waals surface area contributed by atoms with Gasteiger partial charge in [-0.2, -0.15) is 0 Å². The Labute approximate surface area is 175 Å². The first-order chi connectivity index (χ1) is 13.6. The second-order valence-electron chi connectivity index (χ2n) is 10.8. The molecule has 2 aromatic carbocycles. The molecule has 0 amide bonds. The maximum absolute atomic E-state index is 3.70. The Morgan fingerprint density at radius 1 is 1.03 bits per heavy atom. The monoisotopic (exact) mass is 387 g/mol. The second-order valence-corrected chi connectivity index (χ2v) is 10.8. The molecule has 3 heteroatoms. The number of fused-ring (bicyclic) bond motifs is 4. The van der Waals surface area contributed by atoms with Gasteiger partial charge in [0, 0.05) is 18.4 Å². The van der Waals surface area contributed by atoms with E-state index in [1.54, 1.807) is 0 Å². The number of benzene rings is 2. The summed E-state index contributed by atoms with van der Waals surface area (Å²) < 4.78 is 4.63. The zero-order chi connectivity index (χ0) is 20.7. The number of hydrogen-bond donors (Lipinski definition) is 0. The molecule has 0 N–H and O–H groups in total. The van der Waals surface area contributed by atoms with Gasteiger partial charge in [0.2, 0.25) is 6.33 Å². The lowest BCUT2D eigenvalue weighted by Crippen LogP contribution is -2.41. The van der Waals surface area contributed by atoms with E-state index in [9.17, 15) is 0 Å². The molecule has 0 bridgehead atoms. The van der Waals surface area contributed by atoms with Gasteiger partial charge in [-0.1, -0.05) is 65.8 Å². The number of aromatic nitrogens is 2. The third kappa shape index (κ3) is 2.52. The molecule has 29 heavy (non-hydrogen) atoms. The molecule has 1 aliphatic heterocycles. The standard InChI is InChI=1S/C26H33N3/c1-17(2)15-28-16-29-21-12-11-18-22(26(5,6)14-13-25(18,3)4)24(21)27(7)19-9-8-10-20(28)23(19)29/h8-12,17H,13-15H2,1-7H3. The Kier molecular flexibility index (Phi) is 3.79. The van der Waals surface area contributed by atoms with Crippen molar-refractivity contribution in [1.82, 2.24) is 4.57 Å². The maximum atomic E-state index is 3.70. The fraction of sp³-hybridized carbons (Fsp3) is 0.500. The van der Waals surface area contributed by atoms with Crippen molar-refractivity contribution < 1.29 is 4.57 Å². The summed E-state index contributed by atoms with van der Waals surface area (Å²) in [7, 11) is 2.24. The van der Waals surface area contributed by atoms with Crippen molar-refractivity contribution in [2.24, 2.45) is 5.92 Å². The summed E-state index contributed by atoms with van der Waals surface area (Å²) in [6.07, 6.45) is 6.16. The lowest BCUT2D eigenvalue weighted by Gasteiger charge is -2.46. The Balaban J connectivity index is 1.86. The number of rotatable bonds is 2. The van der Waals surface area contributed by atoms with Crippen LogP contribution in [0.5, 0.6) is 0 Å². The summed E-state index contributed by atoms with van der Waals surface area (Å²) in [4.78, 5) is 2.44. The van der Waals surface area contributed by atoms with Crippen LogP contribution in [0.2, 0.25) is 0 Å². The molecule has 0 spiro atoms. The first-order valence-electron chi connectivity index (χ1n) is 11.0. The van der Waals surface area contributed by atoms with Crippen LogP contribution in [0.15, 0.2) is 30.3 Å². The van der Waals surface area contributed by atoms with Crippen LogP contribution < -0.4 is 9.47 Å². The van der Waals surface area contributed by atoms with E-state index in [-0.39, 0.29) is 10.8 Å². The molecule has 5 rings (SSSR count). The van der Waals surface area contributed by atoms with E-state index in [1.807, 2.05) is 0 Å². The van der Waals surface area contributed by atoms with E-state index in [0.29, 0.717) is 5.92 Å². The van der Waals surface area contributed by atoms with E-state index in [4.69, 9.17) is 0 Å². The average molecular weight is 388 g/mol. The molecule has 0 radical (unpaired) electrons. The van der Waals surface area contributed by atoms with Crippen molar-refractivity contribution in [2.75, 3.05) is 11.9 Å². The number of anilines is 2. The molecule has 1 aliphatic carbocycles. The second kappa shape index (κ2) is 5.87. The minimum absolute atomic E-state index is 0.164. The summed E-state index contributed by atoms with van der Waals surface area (Å²) in [5, 5.41) is 0. The van der Waals surface area contributed by atoms with Crippen LogP contribution in [0.25, 0.3) is 16.7 Å². The molecule has 0 saturated heterocycles. The predicted molar refractivity (Wildman–Crippen MR) is 120 cm³/mol. The largest absolute Gasteiger partial charge is 0.353 e. The van der Waals surface area contributed by atoms with Gasteiger partial charge in [-0.3, -0.25) is 0 Å². The van der Waals surface area contributed by atoms with Gasteiger partial charge in [-0.15, -0.1) is 0 Å². The first kappa shape index (κ1) is 18.7. The molecule has 152 valence electrons. The molecule has 1 aromatic heterocycles. The Morgan fingerprint density at radius 2 is 1.76 bits per heavy atom. The molecular formula is C26H33N3. The summed E-state index contributed by atoms with van der Waals surface area (Å²) in [6.45, 7) is 15.2. The molecule has 2 heterocycles. The van der Waals surface area contributed by atoms with Crippen LogP contribution in [-0.2, 0) is 17.4 Å². The number of para-hydroxylation sites is 1. The molecule has 0 unspecified atom stereocenters. The highest BCUT2D eigenvalue weighted by Gasteiger charge is 2.41. The number of hydrogen-bond acceptors (Lipinski definition) is 1. The van der Waals surface area contributed by atoms with Crippen molar-refractivity contribution in [2.45, 2.75) is 71.8 Å². The normalized spacial score (nSPS) is 18.8. The maximum Gasteiger partial charge on any atom is 0.244 e. The molecule has 3 aromatic rings. The lowest BCUT2D eigenvalue weighted by molar-refractivity contribution is -0.572. The van der Waals surface area contributed by atoms with Gasteiger partial charge in [0.1, 0.15) is 0 Å². The SMILES string of the molecule is CC(C)Cn1[c-][n+]2c3c(cccc31)N(C)c1c-2ccc2c1C(C)(C)CCC2(C)C. The third-order valence-corrected chi connectivity index (χ3v) is 7.15. The van der Waals surface area contributed by atoms with Gasteiger partial charge in [0.15, 0.2) is 0 Å². The van der Waals surface area contributed by atoms with Gasteiger partial charge in [-0.25, -0.2) is 0 Å². The predicted octanol–water partition coefficient (Wildman–Crippen LogP) is 5.80. The molecular weight excluding hydrogens is 354 g/mol. The Hall–Kier alpha value is -2.29. The van der Waals surface area contributed by atoms with Crippen LogP contribution in [0.4, 0.5) is 11.4 Å². The van der Waals surface area contributed by atoms with Gasteiger partial charge in [0.05, 0.1) is 23.3 Å². The number of imidazole rings is 1. The van der Waals surface area contributed by atoms with Gasteiger partial charge >= 0.3 is 0 Å². The fourth-order valence-electron chi connectivity index (χ4n) is 5.49. The smallest absolute Gasteiger partial charge is 0.244 e. The van der Waals surface area contributed by atoms with Crippen LogP contribution >= 0.6 is 0 Å². The van der Waals surface area contributed by atoms with Gasteiger partial charge in [0.25, 0.3) is 0 Å².